The molecule has 0 fully saturated rings. The fourth-order valence-corrected chi connectivity index (χ4v) is 1.64. The minimum Gasteiger partial charge on any atom is -0.396 e. The number of rotatable bonds is 7. The molecular weight excluding hydrogens is 190 g/mol. The van der Waals surface area contributed by atoms with Gasteiger partial charge in [0, 0.05) is 45.1 Å². The van der Waals surface area contributed by atoms with Gasteiger partial charge < -0.3 is 10.0 Å². The first-order valence-electron chi connectivity index (χ1n) is 5.58. The van der Waals surface area contributed by atoms with Gasteiger partial charge in [-0.15, -0.1) is 0 Å². The van der Waals surface area contributed by atoms with E-state index in [9.17, 15) is 0 Å². The van der Waals surface area contributed by atoms with Crippen molar-refractivity contribution in [3.05, 3.63) is 18.0 Å². The Morgan fingerprint density at radius 1 is 1.47 bits per heavy atom. The third kappa shape index (κ3) is 4.01. The van der Waals surface area contributed by atoms with Crippen LogP contribution in [0.5, 0.6) is 0 Å². The van der Waals surface area contributed by atoms with Gasteiger partial charge in [-0.25, -0.2) is 0 Å². The normalized spacial score (nSPS) is 11.2. The van der Waals surface area contributed by atoms with Crippen LogP contribution in [0, 0.1) is 0 Å². The van der Waals surface area contributed by atoms with Crippen LogP contribution < -0.4 is 0 Å². The summed E-state index contributed by atoms with van der Waals surface area (Å²) in [6, 6.07) is 2.06. The first-order chi connectivity index (χ1) is 7.27. The zero-order chi connectivity index (χ0) is 11.1. The largest absolute Gasteiger partial charge is 0.396 e. The topological polar surface area (TPSA) is 41.3 Å². The maximum Gasteiger partial charge on any atom is 0.0492 e. The van der Waals surface area contributed by atoms with Crippen molar-refractivity contribution in [2.24, 2.45) is 7.05 Å². The van der Waals surface area contributed by atoms with Crippen LogP contribution in [0.1, 0.15) is 19.0 Å². The standard InChI is InChI=1S/C11H21N3O/c1-3-14(8-4-10-15)9-6-11-5-7-12-13(11)2/h5,7,15H,3-4,6,8-10H2,1-2H3. The summed E-state index contributed by atoms with van der Waals surface area (Å²) in [5.41, 5.74) is 1.26. The van der Waals surface area contributed by atoms with Crippen LogP contribution >= 0.6 is 0 Å². The third-order valence-corrected chi connectivity index (χ3v) is 2.69. The molecule has 0 spiro atoms. The summed E-state index contributed by atoms with van der Waals surface area (Å²) in [6.45, 7) is 5.49. The molecule has 1 rings (SSSR count). The van der Waals surface area contributed by atoms with Crippen molar-refractivity contribution in [3.63, 3.8) is 0 Å². The lowest BCUT2D eigenvalue weighted by atomic mass is 10.2. The van der Waals surface area contributed by atoms with Gasteiger partial charge in [-0.2, -0.15) is 5.10 Å². The maximum absolute atomic E-state index is 8.77. The Bertz CT molecular complexity index is 273. The van der Waals surface area contributed by atoms with Gasteiger partial charge in [0.2, 0.25) is 0 Å². The van der Waals surface area contributed by atoms with Gasteiger partial charge in [-0.05, 0) is 19.0 Å². The molecule has 0 aliphatic carbocycles. The summed E-state index contributed by atoms with van der Waals surface area (Å²) in [6.07, 6.45) is 3.72. The summed E-state index contributed by atoms with van der Waals surface area (Å²) < 4.78 is 1.92. The van der Waals surface area contributed by atoms with Crippen LogP contribution in [0.25, 0.3) is 0 Å². The number of aliphatic hydroxyl groups is 1. The summed E-state index contributed by atoms with van der Waals surface area (Å²) >= 11 is 0. The van der Waals surface area contributed by atoms with Crippen molar-refractivity contribution in [1.82, 2.24) is 14.7 Å². The second-order valence-corrected chi connectivity index (χ2v) is 3.71. The molecule has 1 aromatic rings. The van der Waals surface area contributed by atoms with Crippen molar-refractivity contribution in [2.75, 3.05) is 26.2 Å². The number of likely N-dealkylation sites (N-methyl/N-ethyl adjacent to an activating group) is 1. The lowest BCUT2D eigenvalue weighted by Crippen LogP contribution is -2.28. The highest BCUT2D eigenvalue weighted by molar-refractivity contribution is 5.00. The van der Waals surface area contributed by atoms with E-state index in [1.54, 1.807) is 0 Å². The summed E-state index contributed by atoms with van der Waals surface area (Å²) in [5, 5.41) is 12.9. The highest BCUT2D eigenvalue weighted by Crippen LogP contribution is 2.00. The lowest BCUT2D eigenvalue weighted by molar-refractivity contribution is 0.231. The van der Waals surface area contributed by atoms with Crippen LogP contribution in [-0.2, 0) is 13.5 Å². The smallest absolute Gasteiger partial charge is 0.0492 e. The number of nitrogens with zero attached hydrogens (tertiary/aromatic N) is 3. The number of aromatic nitrogens is 2. The van der Waals surface area contributed by atoms with Crippen molar-refractivity contribution in [2.45, 2.75) is 19.8 Å². The van der Waals surface area contributed by atoms with Crippen molar-refractivity contribution in [1.29, 1.82) is 0 Å². The molecule has 1 N–H and O–H groups in total. The van der Waals surface area contributed by atoms with Crippen LogP contribution in [0.15, 0.2) is 12.3 Å². The molecule has 0 aromatic carbocycles. The zero-order valence-corrected chi connectivity index (χ0v) is 9.69. The average molecular weight is 211 g/mol. The molecule has 0 atom stereocenters. The fraction of sp³-hybridized carbons (Fsp3) is 0.727. The monoisotopic (exact) mass is 211 g/mol. The maximum atomic E-state index is 8.77. The first kappa shape index (κ1) is 12.2. The Hall–Kier alpha value is -0.870. The molecule has 0 radical (unpaired) electrons. The summed E-state index contributed by atoms with van der Waals surface area (Å²) in [4.78, 5) is 2.35. The van der Waals surface area contributed by atoms with Gasteiger partial charge in [0.25, 0.3) is 0 Å². The number of aryl methyl sites for hydroxylation is 1. The number of hydrogen-bond acceptors (Lipinski definition) is 3. The molecule has 0 aliphatic heterocycles. The Labute approximate surface area is 91.5 Å². The minimum absolute atomic E-state index is 0.280. The van der Waals surface area contributed by atoms with E-state index in [4.69, 9.17) is 5.11 Å². The molecule has 0 bridgehead atoms. The van der Waals surface area contributed by atoms with Crippen LogP contribution in [-0.4, -0.2) is 46.0 Å². The molecule has 4 heteroatoms. The zero-order valence-electron chi connectivity index (χ0n) is 9.69. The van der Waals surface area contributed by atoms with Crippen molar-refractivity contribution in [3.8, 4) is 0 Å². The van der Waals surface area contributed by atoms with Gasteiger partial charge in [0.15, 0.2) is 0 Å². The predicted octanol–water partition coefficient (Wildman–Crippen LogP) is 0.667. The summed E-state index contributed by atoms with van der Waals surface area (Å²) in [7, 11) is 1.97. The van der Waals surface area contributed by atoms with E-state index in [0.29, 0.717) is 0 Å². The van der Waals surface area contributed by atoms with Gasteiger partial charge in [-0.3, -0.25) is 4.68 Å². The van der Waals surface area contributed by atoms with Crippen molar-refractivity contribution >= 4 is 0 Å². The molecule has 15 heavy (non-hydrogen) atoms. The average Bonchev–Trinajstić information content (AvgIpc) is 2.65. The van der Waals surface area contributed by atoms with E-state index >= 15 is 0 Å². The fourth-order valence-electron chi connectivity index (χ4n) is 1.64. The van der Waals surface area contributed by atoms with Gasteiger partial charge >= 0.3 is 0 Å². The molecule has 0 saturated heterocycles. The SMILES string of the molecule is CCN(CCCO)CCc1ccnn1C. The first-order valence-corrected chi connectivity index (χ1v) is 5.58. The molecule has 0 unspecified atom stereocenters. The molecule has 0 saturated carbocycles. The molecule has 1 heterocycles. The lowest BCUT2D eigenvalue weighted by Gasteiger charge is -2.19. The number of hydrogen-bond donors (Lipinski definition) is 1. The van der Waals surface area contributed by atoms with E-state index in [1.165, 1.54) is 5.69 Å². The predicted molar refractivity (Wildman–Crippen MR) is 60.7 cm³/mol. The summed E-state index contributed by atoms with van der Waals surface area (Å²) in [5.74, 6) is 0. The van der Waals surface area contributed by atoms with Crippen LogP contribution in [0.2, 0.25) is 0 Å². The van der Waals surface area contributed by atoms with Gasteiger partial charge in [0.1, 0.15) is 0 Å². The quantitative estimate of drug-likeness (QED) is 0.720. The molecule has 4 nitrogen and oxygen atoms in total. The van der Waals surface area contributed by atoms with Gasteiger partial charge in [-0.1, -0.05) is 6.92 Å². The van der Waals surface area contributed by atoms with E-state index in [-0.39, 0.29) is 6.61 Å². The Balaban J connectivity index is 2.31. The molecule has 0 amide bonds. The highest BCUT2D eigenvalue weighted by Gasteiger charge is 2.04. The van der Waals surface area contributed by atoms with Crippen LogP contribution in [0.3, 0.4) is 0 Å². The number of aliphatic hydroxyl groups excluding tert-OH is 1. The third-order valence-electron chi connectivity index (χ3n) is 2.69. The van der Waals surface area contributed by atoms with Crippen LogP contribution in [0.4, 0.5) is 0 Å². The Kier molecular flexibility index (Phi) is 5.36. The Morgan fingerprint density at radius 3 is 2.80 bits per heavy atom. The highest BCUT2D eigenvalue weighted by atomic mass is 16.3. The second-order valence-electron chi connectivity index (χ2n) is 3.71. The van der Waals surface area contributed by atoms with E-state index in [1.807, 2.05) is 17.9 Å². The minimum atomic E-state index is 0.280. The molecule has 1 aromatic heterocycles. The second kappa shape index (κ2) is 6.58. The van der Waals surface area contributed by atoms with Crippen molar-refractivity contribution < 1.29 is 5.11 Å². The molecular formula is C11H21N3O. The van der Waals surface area contributed by atoms with E-state index in [0.717, 1.165) is 32.5 Å². The Morgan fingerprint density at radius 2 is 2.27 bits per heavy atom. The van der Waals surface area contributed by atoms with E-state index < -0.39 is 0 Å². The molecule has 86 valence electrons. The van der Waals surface area contributed by atoms with E-state index in [2.05, 4.69) is 23.0 Å². The van der Waals surface area contributed by atoms with Gasteiger partial charge in [0.05, 0.1) is 0 Å². The molecule has 0 aliphatic rings.